The van der Waals surface area contributed by atoms with E-state index in [0.717, 1.165) is 11.8 Å². The van der Waals surface area contributed by atoms with E-state index in [4.69, 9.17) is 0 Å². The van der Waals surface area contributed by atoms with Gasteiger partial charge in [-0.3, -0.25) is 0 Å². The molecule has 0 unspecified atom stereocenters. The van der Waals surface area contributed by atoms with Crippen LogP contribution in [-0.2, 0) is 0 Å². The van der Waals surface area contributed by atoms with Crippen LogP contribution < -0.4 is 0 Å². The highest BCUT2D eigenvalue weighted by Gasteiger charge is 2.20. The van der Waals surface area contributed by atoms with Crippen molar-refractivity contribution in [3.63, 3.8) is 0 Å². The minimum atomic E-state index is 0.473. The van der Waals surface area contributed by atoms with E-state index in [2.05, 4.69) is 74.8 Å². The Hall–Kier alpha value is -0.860. The van der Waals surface area contributed by atoms with Gasteiger partial charge in [0.2, 0.25) is 0 Å². The number of likely N-dealkylation sites (tertiary alicyclic amines) is 2. The first-order valence-corrected chi connectivity index (χ1v) is 11.9. The predicted octanol–water partition coefficient (Wildman–Crippen LogP) is 6.68. The first kappa shape index (κ1) is 25.2. The molecule has 28 heavy (non-hydrogen) atoms. The van der Waals surface area contributed by atoms with Gasteiger partial charge >= 0.3 is 0 Å². The van der Waals surface area contributed by atoms with Gasteiger partial charge in [0.15, 0.2) is 0 Å². The van der Waals surface area contributed by atoms with Gasteiger partial charge in [0, 0.05) is 6.54 Å². The summed E-state index contributed by atoms with van der Waals surface area (Å²) in [5.74, 6) is 1.76. The van der Waals surface area contributed by atoms with Gasteiger partial charge in [0.05, 0.1) is 0 Å². The number of rotatable bonds is 3. The smallest absolute Gasteiger partial charge is 0.00300 e. The normalized spacial score (nSPS) is 20.0. The van der Waals surface area contributed by atoms with E-state index >= 15 is 0 Å². The Kier molecular flexibility index (Phi) is 12.0. The van der Waals surface area contributed by atoms with E-state index in [-0.39, 0.29) is 0 Å². The van der Waals surface area contributed by atoms with Crippen molar-refractivity contribution in [1.29, 1.82) is 0 Å². The van der Waals surface area contributed by atoms with Crippen molar-refractivity contribution in [2.24, 2.45) is 11.3 Å². The second-order valence-electron chi connectivity index (χ2n) is 9.64. The van der Waals surface area contributed by atoms with Crippen LogP contribution >= 0.6 is 0 Å². The molecule has 2 heteroatoms. The van der Waals surface area contributed by atoms with E-state index in [1.54, 1.807) is 0 Å². The maximum atomic E-state index is 2.61. The minimum Gasteiger partial charge on any atom is -0.304 e. The van der Waals surface area contributed by atoms with Crippen LogP contribution in [0.2, 0.25) is 0 Å². The Balaban J connectivity index is 0.000000260. The van der Waals surface area contributed by atoms with Gasteiger partial charge in [-0.25, -0.2) is 0 Å². The molecule has 2 fully saturated rings. The molecule has 0 aromatic heterocycles. The van der Waals surface area contributed by atoms with E-state index in [1.807, 2.05) is 13.8 Å². The van der Waals surface area contributed by atoms with Crippen molar-refractivity contribution >= 4 is 0 Å². The zero-order chi connectivity index (χ0) is 21.0. The van der Waals surface area contributed by atoms with Crippen LogP contribution in [0.1, 0.15) is 85.6 Å². The molecule has 0 spiro atoms. The molecule has 0 bridgehead atoms. The number of benzene rings is 1. The van der Waals surface area contributed by atoms with E-state index in [9.17, 15) is 0 Å². The van der Waals surface area contributed by atoms with Gasteiger partial charge < -0.3 is 9.80 Å². The average Bonchev–Trinajstić information content (AvgIpc) is 2.71. The molecule has 0 radical (unpaired) electrons. The number of hydrogen-bond acceptors (Lipinski definition) is 2. The molecule has 0 amide bonds. The summed E-state index contributed by atoms with van der Waals surface area (Å²) in [5.41, 5.74) is 2.00. The first-order valence-electron chi connectivity index (χ1n) is 11.9. The number of piperidine rings is 2. The van der Waals surface area contributed by atoms with Gasteiger partial charge in [-0.05, 0) is 81.2 Å². The third kappa shape index (κ3) is 10.1. The van der Waals surface area contributed by atoms with E-state index < -0.39 is 0 Å². The average molecular weight is 389 g/mol. The molecule has 0 saturated carbocycles. The summed E-state index contributed by atoms with van der Waals surface area (Å²) in [4.78, 5) is 5.15. The number of nitrogens with zero attached hydrogens (tertiary/aromatic N) is 2. The molecular formula is C26H48N2. The van der Waals surface area contributed by atoms with E-state index in [1.165, 1.54) is 70.5 Å². The second kappa shape index (κ2) is 13.4. The molecule has 1 aromatic rings. The Morgan fingerprint density at radius 3 is 1.79 bits per heavy atom. The Morgan fingerprint density at radius 2 is 1.32 bits per heavy atom. The largest absolute Gasteiger partial charge is 0.304 e. The van der Waals surface area contributed by atoms with Gasteiger partial charge in [-0.1, -0.05) is 78.8 Å². The molecule has 0 N–H and O–H groups in total. The minimum absolute atomic E-state index is 0.473. The molecule has 2 aliphatic heterocycles. The van der Waals surface area contributed by atoms with Crippen molar-refractivity contribution in [1.82, 2.24) is 9.80 Å². The van der Waals surface area contributed by atoms with Crippen molar-refractivity contribution in [3.05, 3.63) is 35.9 Å². The summed E-state index contributed by atoms with van der Waals surface area (Å²) in [6, 6.07) is 11.0. The molecule has 0 atom stereocenters. The summed E-state index contributed by atoms with van der Waals surface area (Å²) in [7, 11) is 0. The topological polar surface area (TPSA) is 6.48 Å². The van der Waals surface area contributed by atoms with Gasteiger partial charge in [0.1, 0.15) is 0 Å². The second-order valence-corrected chi connectivity index (χ2v) is 9.64. The van der Waals surface area contributed by atoms with Crippen LogP contribution in [0, 0.1) is 11.3 Å². The lowest BCUT2D eigenvalue weighted by atomic mass is 9.89. The summed E-state index contributed by atoms with van der Waals surface area (Å²) in [5, 5.41) is 0. The standard InChI is InChI=1S/C13H19N.C11H23N.C2H6/c1-2-14-10-8-13(9-11-14)12-6-4-3-5-7-12;1-10-5-7-12(8-6-10)9-11(2,3)4;1-2/h3-7,13H,2,8-11H2,1H3;10H,5-9H2,1-4H3;1-2H3. The third-order valence-corrected chi connectivity index (χ3v) is 5.88. The summed E-state index contributed by atoms with van der Waals surface area (Å²) in [6.45, 7) is 23.3. The van der Waals surface area contributed by atoms with Crippen molar-refractivity contribution in [2.75, 3.05) is 39.3 Å². The predicted molar refractivity (Wildman–Crippen MR) is 126 cm³/mol. The van der Waals surface area contributed by atoms with Crippen LogP contribution in [0.4, 0.5) is 0 Å². The molecule has 2 saturated heterocycles. The molecule has 3 rings (SSSR count). The lowest BCUT2D eigenvalue weighted by molar-refractivity contribution is 0.141. The molecule has 2 nitrogen and oxygen atoms in total. The van der Waals surface area contributed by atoms with Crippen molar-refractivity contribution in [2.45, 2.75) is 80.1 Å². The quantitative estimate of drug-likeness (QED) is 0.570. The molecule has 2 aliphatic rings. The van der Waals surface area contributed by atoms with Crippen LogP contribution in [0.25, 0.3) is 0 Å². The van der Waals surface area contributed by atoms with Crippen LogP contribution in [0.3, 0.4) is 0 Å². The number of hydrogen-bond donors (Lipinski definition) is 0. The van der Waals surface area contributed by atoms with Gasteiger partial charge in [-0.15, -0.1) is 0 Å². The fraction of sp³-hybridized carbons (Fsp3) is 0.769. The van der Waals surface area contributed by atoms with Crippen LogP contribution in [0.15, 0.2) is 30.3 Å². The van der Waals surface area contributed by atoms with E-state index in [0.29, 0.717) is 5.41 Å². The van der Waals surface area contributed by atoms with Crippen molar-refractivity contribution in [3.8, 4) is 0 Å². The molecule has 1 aromatic carbocycles. The third-order valence-electron chi connectivity index (χ3n) is 5.88. The zero-order valence-corrected chi connectivity index (χ0v) is 20.0. The molecular weight excluding hydrogens is 340 g/mol. The van der Waals surface area contributed by atoms with Crippen LogP contribution in [-0.4, -0.2) is 49.1 Å². The first-order chi connectivity index (χ1) is 13.4. The Morgan fingerprint density at radius 1 is 0.821 bits per heavy atom. The fourth-order valence-corrected chi connectivity index (χ4v) is 4.20. The van der Waals surface area contributed by atoms with Gasteiger partial charge in [-0.2, -0.15) is 0 Å². The summed E-state index contributed by atoms with van der Waals surface area (Å²) < 4.78 is 0. The Labute approximate surface area is 176 Å². The maximum absolute atomic E-state index is 2.61. The highest BCUT2D eigenvalue weighted by Crippen LogP contribution is 2.27. The van der Waals surface area contributed by atoms with Crippen molar-refractivity contribution < 1.29 is 0 Å². The zero-order valence-electron chi connectivity index (χ0n) is 20.0. The van der Waals surface area contributed by atoms with Crippen LogP contribution in [0.5, 0.6) is 0 Å². The Bertz CT molecular complexity index is 475. The lowest BCUT2D eigenvalue weighted by Crippen LogP contribution is -2.38. The highest BCUT2D eigenvalue weighted by atomic mass is 15.1. The monoisotopic (exact) mass is 388 g/mol. The van der Waals surface area contributed by atoms with Gasteiger partial charge in [0.25, 0.3) is 0 Å². The highest BCUT2D eigenvalue weighted by molar-refractivity contribution is 5.19. The fourth-order valence-electron chi connectivity index (χ4n) is 4.20. The SMILES string of the molecule is CC.CC1CCN(CC(C)(C)C)CC1.CCN1CCC(c2ccccc2)CC1. The molecule has 0 aliphatic carbocycles. The lowest BCUT2D eigenvalue weighted by Gasteiger charge is -2.34. The summed E-state index contributed by atoms with van der Waals surface area (Å²) in [6.07, 6.45) is 5.46. The molecule has 162 valence electrons. The molecule has 2 heterocycles. The maximum Gasteiger partial charge on any atom is 0.00300 e. The summed E-state index contributed by atoms with van der Waals surface area (Å²) >= 11 is 0.